The Bertz CT molecular complexity index is 964. The van der Waals surface area contributed by atoms with Crippen LogP contribution in [0.3, 0.4) is 0 Å². The lowest BCUT2D eigenvalue weighted by Gasteiger charge is -2.37. The topological polar surface area (TPSA) is 48.7 Å². The Kier molecular flexibility index (Phi) is 5.60. The number of carbonyl (C=O) groups excluding carboxylic acids is 1. The van der Waals surface area contributed by atoms with Gasteiger partial charge >= 0.3 is 6.03 Å². The zero-order chi connectivity index (χ0) is 20.3. The quantitative estimate of drug-likeness (QED) is 0.642. The zero-order valence-corrected chi connectivity index (χ0v) is 17.8. The van der Waals surface area contributed by atoms with Crippen molar-refractivity contribution in [3.05, 3.63) is 81.9 Å². The third-order valence-corrected chi connectivity index (χ3v) is 7.24. The van der Waals surface area contributed by atoms with Crippen molar-refractivity contribution in [2.75, 3.05) is 26.2 Å². The third kappa shape index (κ3) is 3.77. The van der Waals surface area contributed by atoms with Gasteiger partial charge in [-0.05, 0) is 67.1 Å². The fourth-order valence-electron chi connectivity index (χ4n) is 4.76. The van der Waals surface area contributed by atoms with E-state index < -0.39 is 0 Å². The van der Waals surface area contributed by atoms with Crippen LogP contribution in [0, 0.1) is 0 Å². The van der Waals surface area contributed by atoms with E-state index in [9.17, 15) is 4.79 Å². The van der Waals surface area contributed by atoms with E-state index in [-0.39, 0.29) is 18.1 Å². The second kappa shape index (κ2) is 8.66. The first-order valence-corrected chi connectivity index (χ1v) is 11.6. The maximum Gasteiger partial charge on any atom is 0.318 e. The first kappa shape index (κ1) is 19.4. The van der Waals surface area contributed by atoms with Crippen LogP contribution in [-0.2, 0) is 6.42 Å². The smallest absolute Gasteiger partial charge is 0.318 e. The lowest BCUT2D eigenvalue weighted by atomic mass is 9.93. The van der Waals surface area contributed by atoms with Gasteiger partial charge in [-0.25, -0.2) is 4.79 Å². The summed E-state index contributed by atoms with van der Waals surface area (Å²) < 4.78 is 5.71. The molecule has 2 aliphatic heterocycles. The van der Waals surface area contributed by atoms with Crippen molar-refractivity contribution in [2.45, 2.75) is 31.3 Å². The molecule has 156 valence electrons. The van der Waals surface area contributed by atoms with E-state index in [1.54, 1.807) is 17.6 Å². The largest absolute Gasteiger partial charge is 0.468 e. The standard InChI is InChI=1S/C24H27N3O2S/c28-24(25-17-20(21-9-6-15-29-21)26-12-4-5-13-26)27-14-10-22-19(11-16-30-22)23(27)18-7-2-1-3-8-18/h1-3,6-9,11,15-16,20,23H,4-5,10,12-14,17H2,(H,25,28). The van der Waals surface area contributed by atoms with Gasteiger partial charge in [0.25, 0.3) is 0 Å². The van der Waals surface area contributed by atoms with Crippen LogP contribution in [0.4, 0.5) is 4.79 Å². The second-order valence-electron chi connectivity index (χ2n) is 8.02. The highest BCUT2D eigenvalue weighted by Crippen LogP contribution is 2.37. The summed E-state index contributed by atoms with van der Waals surface area (Å²) in [6.45, 7) is 3.39. The minimum absolute atomic E-state index is 0.00328. The van der Waals surface area contributed by atoms with Gasteiger partial charge in [-0.3, -0.25) is 4.90 Å². The molecule has 1 aromatic carbocycles. The molecule has 0 radical (unpaired) electrons. The number of urea groups is 1. The summed E-state index contributed by atoms with van der Waals surface area (Å²) in [5.41, 5.74) is 2.42. The molecule has 3 aromatic rings. The number of thiophene rings is 1. The van der Waals surface area contributed by atoms with Crippen LogP contribution in [0.5, 0.6) is 0 Å². The molecule has 5 rings (SSSR count). The Morgan fingerprint density at radius 3 is 2.70 bits per heavy atom. The number of likely N-dealkylation sites (tertiary alicyclic amines) is 1. The minimum atomic E-state index is -0.0324. The van der Waals surface area contributed by atoms with E-state index >= 15 is 0 Å². The predicted molar refractivity (Wildman–Crippen MR) is 119 cm³/mol. The molecule has 0 bridgehead atoms. The lowest BCUT2D eigenvalue weighted by molar-refractivity contribution is 0.169. The highest BCUT2D eigenvalue weighted by molar-refractivity contribution is 7.10. The van der Waals surface area contributed by atoms with Crippen molar-refractivity contribution < 1.29 is 9.21 Å². The first-order valence-electron chi connectivity index (χ1n) is 10.7. The van der Waals surface area contributed by atoms with Crippen LogP contribution >= 0.6 is 11.3 Å². The summed E-state index contributed by atoms with van der Waals surface area (Å²) in [5.74, 6) is 0.926. The van der Waals surface area contributed by atoms with Gasteiger partial charge in [0.2, 0.25) is 0 Å². The molecule has 4 heterocycles. The van der Waals surface area contributed by atoms with Gasteiger partial charge in [0, 0.05) is 18.0 Å². The second-order valence-corrected chi connectivity index (χ2v) is 9.02. The van der Waals surface area contributed by atoms with Crippen molar-refractivity contribution in [2.24, 2.45) is 0 Å². The molecule has 2 aliphatic rings. The average Bonchev–Trinajstić information content (AvgIpc) is 3.56. The van der Waals surface area contributed by atoms with Gasteiger partial charge in [0.1, 0.15) is 5.76 Å². The normalized spacial score (nSPS) is 20.1. The van der Waals surface area contributed by atoms with E-state index in [0.29, 0.717) is 6.54 Å². The molecule has 2 aromatic heterocycles. The number of rotatable bonds is 5. The van der Waals surface area contributed by atoms with Crippen LogP contribution in [0.25, 0.3) is 0 Å². The van der Waals surface area contributed by atoms with Crippen molar-refractivity contribution in [1.29, 1.82) is 0 Å². The SMILES string of the molecule is O=C(NCC(c1ccco1)N1CCCC1)N1CCc2sccc2C1c1ccccc1. The maximum absolute atomic E-state index is 13.4. The fourth-order valence-corrected chi connectivity index (χ4v) is 5.66. The van der Waals surface area contributed by atoms with Crippen LogP contribution in [0.15, 0.2) is 64.6 Å². The lowest BCUT2D eigenvalue weighted by Crippen LogP contribution is -2.47. The summed E-state index contributed by atoms with van der Waals surface area (Å²) >= 11 is 1.79. The van der Waals surface area contributed by atoms with Gasteiger partial charge in [-0.1, -0.05) is 30.3 Å². The average molecular weight is 422 g/mol. The summed E-state index contributed by atoms with van der Waals surface area (Å²) in [6, 6.07) is 16.5. The molecule has 0 saturated carbocycles. The number of furan rings is 1. The third-order valence-electron chi connectivity index (χ3n) is 6.24. The Balaban J connectivity index is 1.35. The minimum Gasteiger partial charge on any atom is -0.468 e. The Hall–Kier alpha value is -2.57. The molecule has 30 heavy (non-hydrogen) atoms. The Labute approximate surface area is 181 Å². The molecule has 5 nitrogen and oxygen atoms in total. The van der Waals surface area contributed by atoms with Crippen LogP contribution in [0.2, 0.25) is 0 Å². The van der Waals surface area contributed by atoms with Crippen molar-refractivity contribution in [3.8, 4) is 0 Å². The van der Waals surface area contributed by atoms with Gasteiger partial charge in [0.05, 0.1) is 18.3 Å². The number of amides is 2. The molecule has 2 amide bonds. The fraction of sp³-hybridized carbons (Fsp3) is 0.375. The number of hydrogen-bond donors (Lipinski definition) is 1. The molecule has 6 heteroatoms. The molecular weight excluding hydrogens is 394 g/mol. The van der Waals surface area contributed by atoms with Crippen LogP contribution < -0.4 is 5.32 Å². The first-order chi connectivity index (χ1) is 14.8. The molecular formula is C24H27N3O2S. The number of fused-ring (bicyclic) bond motifs is 1. The van der Waals surface area contributed by atoms with Crippen LogP contribution in [-0.4, -0.2) is 42.0 Å². The highest BCUT2D eigenvalue weighted by Gasteiger charge is 2.33. The molecule has 0 spiro atoms. The zero-order valence-electron chi connectivity index (χ0n) is 17.0. The number of carbonyl (C=O) groups is 1. The van der Waals surface area contributed by atoms with Crippen molar-refractivity contribution in [1.82, 2.24) is 15.1 Å². The molecule has 2 atom stereocenters. The van der Waals surface area contributed by atoms with Crippen molar-refractivity contribution >= 4 is 17.4 Å². The van der Waals surface area contributed by atoms with Gasteiger partial charge in [0.15, 0.2) is 0 Å². The maximum atomic E-state index is 13.4. The van der Waals surface area contributed by atoms with E-state index in [1.807, 2.05) is 35.2 Å². The number of nitrogens with one attached hydrogen (secondary N) is 1. The highest BCUT2D eigenvalue weighted by atomic mass is 32.1. The van der Waals surface area contributed by atoms with Gasteiger partial charge < -0.3 is 14.6 Å². The number of benzene rings is 1. The molecule has 1 saturated heterocycles. The van der Waals surface area contributed by atoms with E-state index in [4.69, 9.17) is 4.42 Å². The van der Waals surface area contributed by atoms with E-state index in [0.717, 1.165) is 37.4 Å². The summed E-state index contributed by atoms with van der Waals surface area (Å²) in [6.07, 6.45) is 5.04. The summed E-state index contributed by atoms with van der Waals surface area (Å²) in [4.78, 5) is 19.2. The number of hydrogen-bond acceptors (Lipinski definition) is 4. The van der Waals surface area contributed by atoms with E-state index in [2.05, 4.69) is 33.8 Å². The molecule has 0 aliphatic carbocycles. The monoisotopic (exact) mass is 421 g/mol. The number of nitrogens with zero attached hydrogens (tertiary/aromatic N) is 2. The molecule has 1 N–H and O–H groups in total. The summed E-state index contributed by atoms with van der Waals surface area (Å²) in [7, 11) is 0. The van der Waals surface area contributed by atoms with Crippen molar-refractivity contribution in [3.63, 3.8) is 0 Å². The van der Waals surface area contributed by atoms with Crippen LogP contribution in [0.1, 0.15) is 46.7 Å². The molecule has 2 unspecified atom stereocenters. The molecule has 1 fully saturated rings. The van der Waals surface area contributed by atoms with Gasteiger partial charge in [-0.15, -0.1) is 11.3 Å². The van der Waals surface area contributed by atoms with E-state index in [1.165, 1.54) is 23.3 Å². The predicted octanol–water partition coefficient (Wildman–Crippen LogP) is 4.84. The Morgan fingerprint density at radius 1 is 1.10 bits per heavy atom. The Morgan fingerprint density at radius 2 is 1.93 bits per heavy atom. The van der Waals surface area contributed by atoms with Gasteiger partial charge in [-0.2, -0.15) is 0 Å². The summed E-state index contributed by atoms with van der Waals surface area (Å²) in [5, 5.41) is 5.37.